The summed E-state index contributed by atoms with van der Waals surface area (Å²) in [7, 11) is 0. The SMILES string of the molecule is FCCCNc1ccc(Br)cc1. The maximum Gasteiger partial charge on any atom is 0.0911 e. The molecule has 0 saturated carbocycles. The Labute approximate surface area is 80.1 Å². The van der Waals surface area contributed by atoms with Crippen molar-refractivity contribution in [3.05, 3.63) is 28.7 Å². The van der Waals surface area contributed by atoms with E-state index in [0.717, 1.165) is 10.2 Å². The standard InChI is InChI=1S/C9H11BrFN/c10-8-2-4-9(5-3-8)12-7-1-6-11/h2-5,12H,1,6-7H2. The Morgan fingerprint density at radius 3 is 2.50 bits per heavy atom. The van der Waals surface area contributed by atoms with Crippen LogP contribution in [0.4, 0.5) is 10.1 Å². The van der Waals surface area contributed by atoms with Crippen LogP contribution in [-0.4, -0.2) is 13.2 Å². The molecule has 12 heavy (non-hydrogen) atoms. The second kappa shape index (κ2) is 5.14. The third-order valence-corrected chi connectivity index (χ3v) is 2.01. The Kier molecular flexibility index (Phi) is 4.08. The molecule has 0 aromatic heterocycles. The zero-order chi connectivity index (χ0) is 8.81. The van der Waals surface area contributed by atoms with Gasteiger partial charge in [0.25, 0.3) is 0 Å². The van der Waals surface area contributed by atoms with Crippen molar-refractivity contribution >= 4 is 21.6 Å². The molecule has 1 nitrogen and oxygen atoms in total. The van der Waals surface area contributed by atoms with Crippen molar-refractivity contribution in [1.82, 2.24) is 0 Å². The summed E-state index contributed by atoms with van der Waals surface area (Å²) in [5.41, 5.74) is 1.03. The molecule has 0 aliphatic carbocycles. The summed E-state index contributed by atoms with van der Waals surface area (Å²) in [5.74, 6) is 0. The van der Waals surface area contributed by atoms with Crippen molar-refractivity contribution in [1.29, 1.82) is 0 Å². The van der Waals surface area contributed by atoms with Crippen molar-refractivity contribution in [3.63, 3.8) is 0 Å². The maximum atomic E-state index is 11.7. The second-order valence-electron chi connectivity index (χ2n) is 2.48. The molecule has 0 amide bonds. The highest BCUT2D eigenvalue weighted by molar-refractivity contribution is 9.10. The number of alkyl halides is 1. The summed E-state index contributed by atoms with van der Waals surface area (Å²) in [4.78, 5) is 0. The van der Waals surface area contributed by atoms with Gasteiger partial charge in [-0.1, -0.05) is 15.9 Å². The van der Waals surface area contributed by atoms with Crippen molar-refractivity contribution < 1.29 is 4.39 Å². The van der Waals surface area contributed by atoms with Gasteiger partial charge < -0.3 is 5.32 Å². The van der Waals surface area contributed by atoms with E-state index in [9.17, 15) is 4.39 Å². The van der Waals surface area contributed by atoms with Gasteiger partial charge in [-0.25, -0.2) is 0 Å². The van der Waals surface area contributed by atoms with Crippen LogP contribution >= 0.6 is 15.9 Å². The number of hydrogen-bond donors (Lipinski definition) is 1. The Morgan fingerprint density at radius 1 is 1.25 bits per heavy atom. The largest absolute Gasteiger partial charge is 0.385 e. The lowest BCUT2D eigenvalue weighted by Gasteiger charge is -2.03. The van der Waals surface area contributed by atoms with Crippen LogP contribution in [-0.2, 0) is 0 Å². The van der Waals surface area contributed by atoms with Crippen LogP contribution < -0.4 is 5.32 Å². The van der Waals surface area contributed by atoms with E-state index < -0.39 is 0 Å². The third-order valence-electron chi connectivity index (χ3n) is 1.48. The first-order chi connectivity index (χ1) is 5.83. The normalized spacial score (nSPS) is 9.83. The first kappa shape index (κ1) is 9.52. The van der Waals surface area contributed by atoms with E-state index in [1.54, 1.807) is 0 Å². The van der Waals surface area contributed by atoms with Crippen LogP contribution in [0.3, 0.4) is 0 Å². The summed E-state index contributed by atoms with van der Waals surface area (Å²) in [6, 6.07) is 7.83. The van der Waals surface area contributed by atoms with Crippen LogP contribution in [0.2, 0.25) is 0 Å². The Morgan fingerprint density at radius 2 is 1.92 bits per heavy atom. The van der Waals surface area contributed by atoms with Crippen molar-refractivity contribution in [3.8, 4) is 0 Å². The smallest absolute Gasteiger partial charge is 0.0911 e. The number of rotatable bonds is 4. The van der Waals surface area contributed by atoms with E-state index in [-0.39, 0.29) is 6.67 Å². The summed E-state index contributed by atoms with van der Waals surface area (Å²) in [5, 5.41) is 3.11. The van der Waals surface area contributed by atoms with Gasteiger partial charge in [0.2, 0.25) is 0 Å². The van der Waals surface area contributed by atoms with Gasteiger partial charge in [0.15, 0.2) is 0 Å². The van der Waals surface area contributed by atoms with Gasteiger partial charge >= 0.3 is 0 Å². The Hall–Kier alpha value is -0.570. The average Bonchev–Trinajstić information content (AvgIpc) is 2.09. The fraction of sp³-hybridized carbons (Fsp3) is 0.333. The van der Waals surface area contributed by atoms with Gasteiger partial charge in [-0.3, -0.25) is 4.39 Å². The molecule has 0 heterocycles. The lowest BCUT2D eigenvalue weighted by molar-refractivity contribution is 0.481. The van der Waals surface area contributed by atoms with Crippen LogP contribution in [0.1, 0.15) is 6.42 Å². The predicted molar refractivity (Wildman–Crippen MR) is 53.2 cm³/mol. The van der Waals surface area contributed by atoms with Gasteiger partial charge in [0, 0.05) is 16.7 Å². The molecule has 66 valence electrons. The van der Waals surface area contributed by atoms with Crippen LogP contribution in [0.15, 0.2) is 28.7 Å². The molecule has 0 fully saturated rings. The molecule has 0 aliphatic rings. The van der Waals surface area contributed by atoms with E-state index >= 15 is 0 Å². The summed E-state index contributed by atoms with van der Waals surface area (Å²) >= 11 is 3.34. The summed E-state index contributed by atoms with van der Waals surface area (Å²) < 4.78 is 12.8. The average molecular weight is 232 g/mol. The van der Waals surface area contributed by atoms with E-state index in [1.165, 1.54) is 0 Å². The molecule has 1 aromatic carbocycles. The predicted octanol–water partition coefficient (Wildman–Crippen LogP) is 3.22. The highest BCUT2D eigenvalue weighted by Crippen LogP contribution is 2.13. The Bertz CT molecular complexity index is 222. The number of halogens is 2. The van der Waals surface area contributed by atoms with Crippen LogP contribution in [0.5, 0.6) is 0 Å². The third kappa shape index (κ3) is 3.22. The van der Waals surface area contributed by atoms with Crippen molar-refractivity contribution in [2.24, 2.45) is 0 Å². The molecule has 1 rings (SSSR count). The molecule has 0 aliphatic heterocycles. The van der Waals surface area contributed by atoms with Crippen LogP contribution in [0, 0.1) is 0 Å². The minimum absolute atomic E-state index is 0.260. The van der Waals surface area contributed by atoms with E-state index in [2.05, 4.69) is 21.2 Å². The van der Waals surface area contributed by atoms with E-state index in [0.29, 0.717) is 13.0 Å². The summed E-state index contributed by atoms with van der Waals surface area (Å²) in [6.45, 7) is 0.432. The number of nitrogens with one attached hydrogen (secondary N) is 1. The van der Waals surface area contributed by atoms with Crippen molar-refractivity contribution in [2.45, 2.75) is 6.42 Å². The van der Waals surface area contributed by atoms with Gasteiger partial charge in [0.1, 0.15) is 0 Å². The molecule has 0 saturated heterocycles. The van der Waals surface area contributed by atoms with Gasteiger partial charge in [-0.15, -0.1) is 0 Å². The fourth-order valence-electron chi connectivity index (χ4n) is 0.867. The minimum atomic E-state index is -0.260. The van der Waals surface area contributed by atoms with Gasteiger partial charge in [-0.05, 0) is 30.7 Å². The van der Waals surface area contributed by atoms with E-state index in [4.69, 9.17) is 0 Å². The fourth-order valence-corrected chi connectivity index (χ4v) is 1.13. The first-order valence-electron chi connectivity index (χ1n) is 3.88. The summed E-state index contributed by atoms with van der Waals surface area (Å²) in [6.07, 6.45) is 0.566. The van der Waals surface area contributed by atoms with E-state index in [1.807, 2.05) is 24.3 Å². The quantitative estimate of drug-likeness (QED) is 0.786. The first-order valence-corrected chi connectivity index (χ1v) is 4.67. The molecule has 0 spiro atoms. The molecular formula is C9H11BrFN. The van der Waals surface area contributed by atoms with Crippen molar-refractivity contribution in [2.75, 3.05) is 18.5 Å². The minimum Gasteiger partial charge on any atom is -0.385 e. The number of anilines is 1. The number of hydrogen-bond acceptors (Lipinski definition) is 1. The zero-order valence-electron chi connectivity index (χ0n) is 6.69. The second-order valence-corrected chi connectivity index (χ2v) is 3.39. The topological polar surface area (TPSA) is 12.0 Å². The highest BCUT2D eigenvalue weighted by Gasteiger charge is 1.90. The molecule has 3 heteroatoms. The zero-order valence-corrected chi connectivity index (χ0v) is 8.27. The molecule has 0 unspecified atom stereocenters. The van der Waals surface area contributed by atoms with Crippen LogP contribution in [0.25, 0.3) is 0 Å². The molecular weight excluding hydrogens is 221 g/mol. The maximum absolute atomic E-state index is 11.7. The lowest BCUT2D eigenvalue weighted by Crippen LogP contribution is -2.01. The molecule has 0 radical (unpaired) electrons. The molecule has 1 N–H and O–H groups in total. The Balaban J connectivity index is 2.37. The number of benzene rings is 1. The highest BCUT2D eigenvalue weighted by atomic mass is 79.9. The molecule has 0 atom stereocenters. The molecule has 0 bridgehead atoms. The van der Waals surface area contributed by atoms with Gasteiger partial charge in [-0.2, -0.15) is 0 Å². The van der Waals surface area contributed by atoms with Gasteiger partial charge in [0.05, 0.1) is 6.67 Å². The molecule has 1 aromatic rings. The monoisotopic (exact) mass is 231 g/mol. The lowest BCUT2D eigenvalue weighted by atomic mass is 10.3.